The first-order valence-corrected chi connectivity index (χ1v) is 7.72. The van der Waals surface area contributed by atoms with Gasteiger partial charge in [-0.05, 0) is 31.0 Å². The monoisotopic (exact) mass is 291 g/mol. The summed E-state index contributed by atoms with van der Waals surface area (Å²) in [5, 5.41) is 4.78. The Bertz CT molecular complexity index is 340. The van der Waals surface area contributed by atoms with E-state index in [1.165, 1.54) is 17.7 Å². The summed E-state index contributed by atoms with van der Waals surface area (Å²) in [6.45, 7) is 5.46. The molecule has 4 heteroatoms. The van der Waals surface area contributed by atoms with Gasteiger partial charge in [-0.15, -0.1) is 11.8 Å². The molecule has 0 saturated carbocycles. The zero-order chi connectivity index (χ0) is 12.7. The van der Waals surface area contributed by atoms with Crippen LogP contribution in [0.25, 0.3) is 0 Å². The highest BCUT2D eigenvalue weighted by atomic mass is 35.5. The lowest BCUT2D eigenvalue weighted by atomic mass is 10.2. The fraction of sp³-hybridized carbons (Fsp3) is 0.538. The maximum absolute atomic E-state index is 5.96. The van der Waals surface area contributed by atoms with Gasteiger partial charge in [0.2, 0.25) is 0 Å². The molecule has 0 saturated heterocycles. The van der Waals surface area contributed by atoms with Crippen LogP contribution in [0.1, 0.15) is 26.7 Å². The van der Waals surface area contributed by atoms with Gasteiger partial charge in [-0.25, -0.2) is 0 Å². The summed E-state index contributed by atoms with van der Waals surface area (Å²) in [5.41, 5.74) is 0. The summed E-state index contributed by atoms with van der Waals surface area (Å²) in [4.78, 5) is 1.17. The van der Waals surface area contributed by atoms with Crippen molar-refractivity contribution in [3.05, 3.63) is 28.2 Å². The van der Waals surface area contributed by atoms with Crippen LogP contribution < -0.4 is 5.32 Å². The highest BCUT2D eigenvalue weighted by molar-refractivity contribution is 7.99. The number of thioether (sulfide) groups is 1. The fourth-order valence-electron chi connectivity index (χ4n) is 1.58. The van der Waals surface area contributed by atoms with Gasteiger partial charge in [-0.1, -0.05) is 37.0 Å². The fourth-order valence-corrected chi connectivity index (χ4v) is 2.76. The summed E-state index contributed by atoms with van der Waals surface area (Å²) in [7, 11) is 0. The molecule has 1 nitrogen and oxygen atoms in total. The lowest BCUT2D eigenvalue weighted by Crippen LogP contribution is -2.29. The third-order valence-electron chi connectivity index (χ3n) is 2.68. The van der Waals surface area contributed by atoms with Gasteiger partial charge in [0, 0.05) is 23.2 Å². The smallest absolute Gasteiger partial charge is 0.0603 e. The normalized spacial score (nSPS) is 11.1. The highest BCUT2D eigenvalue weighted by Gasteiger charge is 2.02. The Morgan fingerprint density at radius 1 is 1.18 bits per heavy atom. The van der Waals surface area contributed by atoms with Gasteiger partial charge in [-0.2, -0.15) is 0 Å². The zero-order valence-electron chi connectivity index (χ0n) is 10.3. The lowest BCUT2D eigenvalue weighted by molar-refractivity contribution is 0.501. The maximum Gasteiger partial charge on any atom is 0.0603 e. The minimum absolute atomic E-state index is 0.617. The van der Waals surface area contributed by atoms with Crippen LogP contribution in [0.2, 0.25) is 10.0 Å². The van der Waals surface area contributed by atoms with Gasteiger partial charge in [0.25, 0.3) is 0 Å². The summed E-state index contributed by atoms with van der Waals surface area (Å²) in [5.74, 6) is 1.05. The van der Waals surface area contributed by atoms with E-state index in [1.807, 2.05) is 18.2 Å². The minimum atomic E-state index is 0.617. The van der Waals surface area contributed by atoms with E-state index in [-0.39, 0.29) is 0 Å². The molecular formula is C13H19Cl2NS. The topological polar surface area (TPSA) is 12.0 Å². The van der Waals surface area contributed by atoms with Crippen LogP contribution in [-0.4, -0.2) is 18.3 Å². The third-order valence-corrected chi connectivity index (χ3v) is 4.42. The molecule has 0 amide bonds. The molecule has 1 rings (SSSR count). The quantitative estimate of drug-likeness (QED) is 0.568. The minimum Gasteiger partial charge on any atom is -0.313 e. The predicted molar refractivity (Wildman–Crippen MR) is 79.6 cm³/mol. The second kappa shape index (κ2) is 8.25. The first-order valence-electron chi connectivity index (χ1n) is 5.98. The molecule has 17 heavy (non-hydrogen) atoms. The van der Waals surface area contributed by atoms with Crippen molar-refractivity contribution >= 4 is 35.0 Å². The zero-order valence-corrected chi connectivity index (χ0v) is 12.6. The standard InChI is InChI=1S/C13H19Cl2NS/c1-3-10(4-2)16-7-8-17-11-5-6-12(14)13(15)9-11/h5-6,9-10,16H,3-4,7-8H2,1-2H3. The van der Waals surface area contributed by atoms with Gasteiger partial charge in [0.15, 0.2) is 0 Å². The molecule has 0 bridgehead atoms. The molecule has 0 spiro atoms. The van der Waals surface area contributed by atoms with Crippen molar-refractivity contribution in [1.29, 1.82) is 0 Å². The first-order chi connectivity index (χ1) is 8.17. The third kappa shape index (κ3) is 5.52. The van der Waals surface area contributed by atoms with Crippen LogP contribution in [0.15, 0.2) is 23.1 Å². The van der Waals surface area contributed by atoms with Crippen molar-refractivity contribution < 1.29 is 0 Å². The predicted octanol–water partition coefficient (Wildman–Crippen LogP) is 4.86. The molecular weight excluding hydrogens is 273 g/mol. The van der Waals surface area contributed by atoms with Crippen molar-refractivity contribution in [2.45, 2.75) is 37.6 Å². The van der Waals surface area contributed by atoms with Crippen molar-refractivity contribution in [3.63, 3.8) is 0 Å². The van der Waals surface area contributed by atoms with Gasteiger partial charge in [0.05, 0.1) is 10.0 Å². The molecule has 1 aromatic rings. The maximum atomic E-state index is 5.96. The van der Waals surface area contributed by atoms with Crippen LogP contribution >= 0.6 is 35.0 Å². The molecule has 0 heterocycles. The van der Waals surface area contributed by atoms with Gasteiger partial charge < -0.3 is 5.32 Å². The molecule has 0 atom stereocenters. The Balaban J connectivity index is 2.28. The molecule has 0 unspecified atom stereocenters. The van der Waals surface area contributed by atoms with Crippen molar-refractivity contribution in [2.75, 3.05) is 12.3 Å². The van der Waals surface area contributed by atoms with Crippen molar-refractivity contribution in [3.8, 4) is 0 Å². The van der Waals surface area contributed by atoms with E-state index in [0.717, 1.165) is 12.3 Å². The number of halogens is 2. The average Bonchev–Trinajstić information content (AvgIpc) is 2.34. The van der Waals surface area contributed by atoms with E-state index < -0.39 is 0 Å². The van der Waals surface area contributed by atoms with Gasteiger partial charge in [0.1, 0.15) is 0 Å². The summed E-state index contributed by atoms with van der Waals surface area (Å²) < 4.78 is 0. The van der Waals surface area contributed by atoms with Crippen LogP contribution in [0, 0.1) is 0 Å². The largest absolute Gasteiger partial charge is 0.313 e. The highest BCUT2D eigenvalue weighted by Crippen LogP contribution is 2.27. The Hall–Kier alpha value is 0.110. The molecule has 96 valence electrons. The Morgan fingerprint density at radius 3 is 2.47 bits per heavy atom. The molecule has 0 radical (unpaired) electrons. The van der Waals surface area contributed by atoms with Gasteiger partial charge >= 0.3 is 0 Å². The van der Waals surface area contributed by atoms with Crippen molar-refractivity contribution in [1.82, 2.24) is 5.32 Å². The van der Waals surface area contributed by atoms with Crippen LogP contribution in [0.3, 0.4) is 0 Å². The van der Waals surface area contributed by atoms with E-state index in [9.17, 15) is 0 Å². The number of hydrogen-bond donors (Lipinski definition) is 1. The number of benzene rings is 1. The lowest BCUT2D eigenvalue weighted by Gasteiger charge is -2.14. The summed E-state index contributed by atoms with van der Waals surface area (Å²) in [6.07, 6.45) is 2.38. The molecule has 0 aliphatic heterocycles. The van der Waals surface area contributed by atoms with E-state index in [1.54, 1.807) is 11.8 Å². The second-order valence-electron chi connectivity index (χ2n) is 3.89. The summed E-state index contributed by atoms with van der Waals surface area (Å²) >= 11 is 13.6. The van der Waals surface area contributed by atoms with E-state index in [4.69, 9.17) is 23.2 Å². The number of rotatable bonds is 7. The summed E-state index contributed by atoms with van der Waals surface area (Å²) in [6, 6.07) is 6.42. The number of nitrogens with one attached hydrogen (secondary N) is 1. The Kier molecular flexibility index (Phi) is 7.36. The SMILES string of the molecule is CCC(CC)NCCSc1ccc(Cl)c(Cl)c1. The van der Waals surface area contributed by atoms with Gasteiger partial charge in [-0.3, -0.25) is 0 Å². The Morgan fingerprint density at radius 2 is 1.88 bits per heavy atom. The van der Waals surface area contributed by atoms with E-state index in [0.29, 0.717) is 16.1 Å². The van der Waals surface area contributed by atoms with Crippen LogP contribution in [-0.2, 0) is 0 Å². The van der Waals surface area contributed by atoms with Crippen molar-refractivity contribution in [2.24, 2.45) is 0 Å². The molecule has 1 aromatic carbocycles. The van der Waals surface area contributed by atoms with E-state index >= 15 is 0 Å². The molecule has 0 aliphatic carbocycles. The molecule has 1 N–H and O–H groups in total. The van der Waals surface area contributed by atoms with E-state index in [2.05, 4.69) is 19.2 Å². The molecule has 0 aliphatic rings. The first kappa shape index (κ1) is 15.2. The second-order valence-corrected chi connectivity index (χ2v) is 5.87. The van der Waals surface area contributed by atoms with Crippen LogP contribution in [0.5, 0.6) is 0 Å². The molecule has 0 fully saturated rings. The number of hydrogen-bond acceptors (Lipinski definition) is 2. The Labute approximate surface area is 118 Å². The van der Waals surface area contributed by atoms with Crippen LogP contribution in [0.4, 0.5) is 0 Å². The molecule has 0 aromatic heterocycles. The average molecular weight is 292 g/mol.